The molecule has 1 atom stereocenters. The number of primary amides is 1. The van der Waals surface area contributed by atoms with Crippen LogP contribution in [0.3, 0.4) is 0 Å². The number of nitrogens with one attached hydrogen (secondary N) is 2. The van der Waals surface area contributed by atoms with E-state index in [9.17, 15) is 24.3 Å². The van der Waals surface area contributed by atoms with Gasteiger partial charge in [-0.05, 0) is 61.6 Å². The SMILES string of the molecule is CC(C)(C)OC(=O)Nc1ccccc1C(N)=O.CCCCC[C@H](NC(=O)OCC1c2ccccc2-c2ccccc21)C(=O)O. The van der Waals surface area contributed by atoms with Crippen LogP contribution >= 0.6 is 0 Å². The number of fused-ring (bicyclic) bond motifs is 3. The van der Waals surface area contributed by atoms with Crippen LogP contribution in [0.15, 0.2) is 72.8 Å². The Bertz CT molecular complexity index is 1420. The number of hydrogen-bond acceptors (Lipinski definition) is 6. The third-order valence-electron chi connectivity index (χ3n) is 6.86. The van der Waals surface area contributed by atoms with E-state index in [0.717, 1.165) is 41.5 Å². The van der Waals surface area contributed by atoms with E-state index in [-0.39, 0.29) is 18.1 Å². The Hall–Kier alpha value is -4.86. The molecule has 0 aliphatic heterocycles. The number of nitrogens with two attached hydrogens (primary N) is 1. The van der Waals surface area contributed by atoms with Crippen LogP contribution in [0, 0.1) is 0 Å². The smallest absolute Gasteiger partial charge is 0.412 e. The topological polar surface area (TPSA) is 157 Å². The van der Waals surface area contributed by atoms with Gasteiger partial charge < -0.3 is 25.6 Å². The maximum Gasteiger partial charge on any atom is 0.412 e. The molecule has 1 aliphatic carbocycles. The number of carbonyl (C=O) groups excluding carboxylic acids is 3. The van der Waals surface area contributed by atoms with Crippen molar-refractivity contribution in [1.29, 1.82) is 0 Å². The van der Waals surface area contributed by atoms with Crippen LogP contribution in [0.25, 0.3) is 11.1 Å². The van der Waals surface area contributed by atoms with Gasteiger partial charge in [0.2, 0.25) is 0 Å². The summed E-state index contributed by atoms with van der Waals surface area (Å²) < 4.78 is 10.5. The van der Waals surface area contributed by atoms with Gasteiger partial charge in [-0.25, -0.2) is 14.4 Å². The van der Waals surface area contributed by atoms with Gasteiger partial charge in [0.15, 0.2) is 0 Å². The van der Waals surface area contributed by atoms with Crippen LogP contribution in [0.4, 0.5) is 15.3 Å². The highest BCUT2D eigenvalue weighted by molar-refractivity contribution is 6.01. The van der Waals surface area contributed by atoms with Crippen LogP contribution in [0.1, 0.15) is 80.8 Å². The van der Waals surface area contributed by atoms with Crippen LogP contribution in [-0.4, -0.2) is 47.4 Å². The first kappa shape index (κ1) is 33.6. The highest BCUT2D eigenvalue weighted by Crippen LogP contribution is 2.44. The number of amides is 3. The number of aliphatic carboxylic acids is 1. The van der Waals surface area contributed by atoms with E-state index in [1.807, 2.05) is 36.4 Å². The Morgan fingerprint density at radius 3 is 1.98 bits per heavy atom. The van der Waals surface area contributed by atoms with Gasteiger partial charge in [-0.15, -0.1) is 0 Å². The summed E-state index contributed by atoms with van der Waals surface area (Å²) in [6.07, 6.45) is 1.81. The normalized spacial score (nSPS) is 12.5. The minimum absolute atomic E-state index is 0.0356. The van der Waals surface area contributed by atoms with E-state index in [1.54, 1.807) is 39.0 Å². The molecule has 1 aliphatic rings. The van der Waals surface area contributed by atoms with E-state index >= 15 is 0 Å². The second-order valence-electron chi connectivity index (χ2n) is 11.4. The monoisotopic (exact) mass is 603 g/mol. The third-order valence-corrected chi connectivity index (χ3v) is 6.86. The number of rotatable bonds is 10. The van der Waals surface area contributed by atoms with Crippen LogP contribution in [0.5, 0.6) is 0 Å². The summed E-state index contributed by atoms with van der Waals surface area (Å²) in [5.74, 6) is -1.66. The van der Waals surface area contributed by atoms with E-state index in [1.165, 1.54) is 6.07 Å². The maximum absolute atomic E-state index is 12.2. The Kier molecular flexibility index (Phi) is 11.9. The average molecular weight is 604 g/mol. The summed E-state index contributed by atoms with van der Waals surface area (Å²) >= 11 is 0. The van der Waals surface area contributed by atoms with Gasteiger partial charge in [-0.1, -0.05) is 86.8 Å². The molecule has 10 nitrogen and oxygen atoms in total. The van der Waals surface area contributed by atoms with Crippen LogP contribution in [-0.2, 0) is 14.3 Å². The number of benzene rings is 3. The first-order chi connectivity index (χ1) is 20.9. The molecule has 5 N–H and O–H groups in total. The van der Waals surface area contributed by atoms with Gasteiger partial charge in [0.1, 0.15) is 18.2 Å². The zero-order chi connectivity index (χ0) is 32.3. The average Bonchev–Trinajstić information content (AvgIpc) is 3.28. The van der Waals surface area contributed by atoms with Gasteiger partial charge in [-0.3, -0.25) is 10.1 Å². The van der Waals surface area contributed by atoms with Gasteiger partial charge in [0, 0.05) is 5.92 Å². The predicted octanol–water partition coefficient (Wildman–Crippen LogP) is 6.69. The number of ether oxygens (including phenoxy) is 2. The summed E-state index contributed by atoms with van der Waals surface area (Å²) in [5.41, 5.74) is 9.76. The molecule has 44 heavy (non-hydrogen) atoms. The molecule has 0 aromatic heterocycles. The number of hydrogen-bond donors (Lipinski definition) is 4. The van der Waals surface area contributed by atoms with Gasteiger partial charge in [0.25, 0.3) is 5.91 Å². The summed E-state index contributed by atoms with van der Waals surface area (Å²) in [4.78, 5) is 46.2. The highest BCUT2D eigenvalue weighted by atomic mass is 16.6. The maximum atomic E-state index is 12.2. The molecule has 10 heteroatoms. The lowest BCUT2D eigenvalue weighted by Crippen LogP contribution is -2.41. The Morgan fingerprint density at radius 1 is 0.864 bits per heavy atom. The molecule has 0 fully saturated rings. The van der Waals surface area contributed by atoms with Gasteiger partial charge in [-0.2, -0.15) is 0 Å². The fourth-order valence-electron chi connectivity index (χ4n) is 4.86. The van der Waals surface area contributed by atoms with Crippen molar-refractivity contribution in [3.8, 4) is 11.1 Å². The van der Waals surface area contributed by atoms with Crippen LogP contribution < -0.4 is 16.4 Å². The molecule has 0 bridgehead atoms. The Morgan fingerprint density at radius 2 is 1.43 bits per heavy atom. The zero-order valence-electron chi connectivity index (χ0n) is 25.6. The molecular formula is C34H41N3O7. The van der Waals surface area contributed by atoms with Crippen molar-refractivity contribution in [2.45, 2.75) is 70.9 Å². The molecule has 234 valence electrons. The molecule has 4 rings (SSSR count). The number of anilines is 1. The molecular weight excluding hydrogens is 562 g/mol. The summed E-state index contributed by atoms with van der Waals surface area (Å²) in [6, 6.07) is 21.8. The lowest BCUT2D eigenvalue weighted by molar-refractivity contribution is -0.139. The quantitative estimate of drug-likeness (QED) is 0.188. The predicted molar refractivity (Wildman–Crippen MR) is 169 cm³/mol. The second kappa shape index (κ2) is 15.6. The molecule has 0 unspecified atom stereocenters. The highest BCUT2D eigenvalue weighted by Gasteiger charge is 2.29. The van der Waals surface area contributed by atoms with Crippen molar-refractivity contribution in [1.82, 2.24) is 5.32 Å². The molecule has 0 radical (unpaired) electrons. The van der Waals surface area contributed by atoms with Gasteiger partial charge in [0.05, 0.1) is 11.3 Å². The minimum atomic E-state index is -1.03. The van der Waals surface area contributed by atoms with Crippen molar-refractivity contribution >= 4 is 29.8 Å². The number of alkyl carbamates (subject to hydrolysis) is 1. The Balaban J connectivity index is 0.000000269. The second-order valence-corrected chi connectivity index (χ2v) is 11.4. The molecule has 3 aromatic carbocycles. The van der Waals surface area contributed by atoms with E-state index in [4.69, 9.17) is 15.2 Å². The van der Waals surface area contributed by atoms with Crippen LogP contribution in [0.2, 0.25) is 0 Å². The first-order valence-electron chi connectivity index (χ1n) is 14.6. The summed E-state index contributed by atoms with van der Waals surface area (Å²) in [5, 5.41) is 14.3. The summed E-state index contributed by atoms with van der Waals surface area (Å²) in [7, 11) is 0. The van der Waals surface area contributed by atoms with Gasteiger partial charge >= 0.3 is 18.2 Å². The number of unbranched alkanes of at least 4 members (excludes halogenated alkanes) is 2. The van der Waals surface area contributed by atoms with Crippen molar-refractivity contribution < 1.29 is 33.8 Å². The van der Waals surface area contributed by atoms with E-state index in [0.29, 0.717) is 12.1 Å². The number of carbonyl (C=O) groups is 4. The fourth-order valence-corrected chi connectivity index (χ4v) is 4.86. The minimum Gasteiger partial charge on any atom is -0.480 e. The molecule has 0 saturated carbocycles. The molecule has 0 spiro atoms. The van der Waals surface area contributed by atoms with Crippen molar-refractivity contribution in [3.05, 3.63) is 89.5 Å². The fraction of sp³-hybridized carbons (Fsp3) is 0.353. The largest absolute Gasteiger partial charge is 0.480 e. The Labute approximate surface area is 257 Å². The number of para-hydroxylation sites is 1. The van der Waals surface area contributed by atoms with E-state index in [2.05, 4.69) is 29.7 Å². The first-order valence-corrected chi connectivity index (χ1v) is 14.6. The lowest BCUT2D eigenvalue weighted by atomic mass is 9.98. The number of carboxylic acid groups (broad SMARTS) is 1. The lowest BCUT2D eigenvalue weighted by Gasteiger charge is -2.20. The van der Waals surface area contributed by atoms with Crippen molar-refractivity contribution in [2.24, 2.45) is 5.73 Å². The van der Waals surface area contributed by atoms with Crippen molar-refractivity contribution in [3.63, 3.8) is 0 Å². The zero-order valence-corrected chi connectivity index (χ0v) is 25.6. The molecule has 0 heterocycles. The van der Waals surface area contributed by atoms with Crippen molar-refractivity contribution in [2.75, 3.05) is 11.9 Å². The molecule has 0 saturated heterocycles. The van der Waals surface area contributed by atoms with E-state index < -0.39 is 35.7 Å². The molecule has 3 amide bonds. The third kappa shape index (κ3) is 9.58. The summed E-state index contributed by atoms with van der Waals surface area (Å²) in [6.45, 7) is 7.50. The number of carboxylic acids is 1. The standard InChI is InChI=1S/C22H25NO4.C12H16N2O3/c1-2-3-4-13-20(21(24)25)23-22(26)27-14-19-17-11-7-5-9-15(17)16-10-6-8-12-18(16)19;1-12(2,3)17-11(16)14-9-7-5-4-6-8(9)10(13)15/h5-12,19-20H,2-4,13-14H2,1H3,(H,23,26)(H,24,25);4-7H,1-3H3,(H2,13,15)(H,14,16)/t20-;/m0./s1. The molecule has 3 aromatic rings.